The molecule has 3 heterocycles. The summed E-state index contributed by atoms with van der Waals surface area (Å²) in [6, 6.07) is 13.4. The molecule has 3 aromatic heterocycles. The van der Waals surface area contributed by atoms with Crippen molar-refractivity contribution in [3.63, 3.8) is 0 Å². The average Bonchev–Trinajstić information content (AvgIpc) is 3.17. The van der Waals surface area contributed by atoms with Crippen molar-refractivity contribution < 1.29 is 14.0 Å². The first kappa shape index (κ1) is 19.3. The van der Waals surface area contributed by atoms with E-state index in [0.717, 1.165) is 10.9 Å². The monoisotopic (exact) mass is 411 g/mol. The normalized spacial score (nSPS) is 12.6. The number of ether oxygens (including phenoxy) is 1. The number of hydrogen-bond acceptors (Lipinski definition) is 5. The SMILES string of the molecule is CC(C)(C)ON=c1cc(-c2cc3cccn3cn2)oc2ccc(OCCCl)cc12. The molecule has 0 fully saturated rings. The van der Waals surface area contributed by atoms with Gasteiger partial charge in [0.1, 0.15) is 34.6 Å². The van der Waals surface area contributed by atoms with E-state index in [9.17, 15) is 0 Å². The highest BCUT2D eigenvalue weighted by atomic mass is 35.5. The Bertz CT molecular complexity index is 1220. The van der Waals surface area contributed by atoms with Crippen LogP contribution in [-0.4, -0.2) is 27.5 Å². The molecule has 0 aliphatic carbocycles. The van der Waals surface area contributed by atoms with Crippen LogP contribution in [0, 0.1) is 0 Å². The Labute approximate surface area is 173 Å². The quantitative estimate of drug-likeness (QED) is 0.342. The predicted octanol–water partition coefficient (Wildman–Crippen LogP) is 5.00. The van der Waals surface area contributed by atoms with Gasteiger partial charge in [-0.2, -0.15) is 0 Å². The van der Waals surface area contributed by atoms with Crippen LogP contribution < -0.4 is 10.1 Å². The van der Waals surface area contributed by atoms with Gasteiger partial charge >= 0.3 is 0 Å². The molecular weight excluding hydrogens is 390 g/mol. The van der Waals surface area contributed by atoms with Crippen LogP contribution >= 0.6 is 11.6 Å². The molecule has 0 aliphatic rings. The van der Waals surface area contributed by atoms with Crippen LogP contribution in [0.3, 0.4) is 0 Å². The number of halogens is 1. The first-order valence-corrected chi connectivity index (χ1v) is 9.88. The minimum absolute atomic E-state index is 0.416. The minimum atomic E-state index is -0.421. The third-order valence-corrected chi connectivity index (χ3v) is 4.30. The van der Waals surface area contributed by atoms with Crippen molar-refractivity contribution in [2.45, 2.75) is 26.4 Å². The van der Waals surface area contributed by atoms with Gasteiger partial charge in [-0.05, 0) is 57.2 Å². The van der Waals surface area contributed by atoms with Crippen molar-refractivity contribution in [1.29, 1.82) is 0 Å². The van der Waals surface area contributed by atoms with Gasteiger partial charge in [0.25, 0.3) is 0 Å². The van der Waals surface area contributed by atoms with E-state index >= 15 is 0 Å². The van der Waals surface area contributed by atoms with Crippen molar-refractivity contribution >= 4 is 28.1 Å². The molecule has 0 radical (unpaired) electrons. The minimum Gasteiger partial charge on any atom is -0.492 e. The van der Waals surface area contributed by atoms with Gasteiger partial charge in [-0.15, -0.1) is 11.6 Å². The molecule has 150 valence electrons. The molecule has 1 aromatic carbocycles. The predicted molar refractivity (Wildman–Crippen MR) is 113 cm³/mol. The molecule has 4 rings (SSSR count). The van der Waals surface area contributed by atoms with E-state index < -0.39 is 5.60 Å². The maximum Gasteiger partial charge on any atom is 0.155 e. The third kappa shape index (κ3) is 4.38. The summed E-state index contributed by atoms with van der Waals surface area (Å²) in [5, 5.41) is 5.82. The topological polar surface area (TPSA) is 61.3 Å². The van der Waals surface area contributed by atoms with Gasteiger partial charge in [-0.1, -0.05) is 5.16 Å². The fourth-order valence-electron chi connectivity index (χ4n) is 2.85. The molecule has 7 heteroatoms. The summed E-state index contributed by atoms with van der Waals surface area (Å²) in [5.74, 6) is 1.72. The third-order valence-electron chi connectivity index (χ3n) is 4.15. The lowest BCUT2D eigenvalue weighted by Crippen LogP contribution is -2.18. The molecule has 6 nitrogen and oxygen atoms in total. The molecule has 0 saturated heterocycles. The molecule has 0 N–H and O–H groups in total. The Morgan fingerprint density at radius 2 is 2.03 bits per heavy atom. The Balaban J connectivity index is 1.87. The zero-order valence-electron chi connectivity index (χ0n) is 16.6. The second kappa shape index (κ2) is 7.79. The molecule has 29 heavy (non-hydrogen) atoms. The molecule has 0 amide bonds. The van der Waals surface area contributed by atoms with Crippen LogP contribution in [-0.2, 0) is 4.84 Å². The van der Waals surface area contributed by atoms with E-state index in [2.05, 4.69) is 10.1 Å². The number of alkyl halides is 1. The molecule has 0 unspecified atom stereocenters. The second-order valence-corrected chi connectivity index (χ2v) is 7.98. The molecular formula is C22H22ClN3O3. The number of rotatable bonds is 5. The van der Waals surface area contributed by atoms with E-state index in [0.29, 0.717) is 40.6 Å². The fraction of sp³-hybridized carbons (Fsp3) is 0.273. The number of fused-ring (bicyclic) bond motifs is 2. The summed E-state index contributed by atoms with van der Waals surface area (Å²) in [6.45, 7) is 6.27. The van der Waals surface area contributed by atoms with Crippen molar-refractivity contribution in [1.82, 2.24) is 9.38 Å². The van der Waals surface area contributed by atoms with Gasteiger partial charge in [-0.25, -0.2) is 4.98 Å². The smallest absolute Gasteiger partial charge is 0.155 e. The van der Waals surface area contributed by atoms with Crippen LogP contribution in [0.25, 0.3) is 27.9 Å². The van der Waals surface area contributed by atoms with E-state index in [4.69, 9.17) is 25.6 Å². The lowest BCUT2D eigenvalue weighted by atomic mass is 10.2. The van der Waals surface area contributed by atoms with E-state index in [1.807, 2.05) is 73.8 Å². The molecule has 0 bridgehead atoms. The summed E-state index contributed by atoms with van der Waals surface area (Å²) in [7, 11) is 0. The number of nitrogens with zero attached hydrogens (tertiary/aromatic N) is 3. The van der Waals surface area contributed by atoms with Gasteiger partial charge in [-0.3, -0.25) is 0 Å². The molecule has 0 atom stereocenters. The van der Waals surface area contributed by atoms with E-state index in [-0.39, 0.29) is 0 Å². The summed E-state index contributed by atoms with van der Waals surface area (Å²) < 4.78 is 13.7. The van der Waals surface area contributed by atoms with Crippen molar-refractivity contribution in [2.24, 2.45) is 5.16 Å². The van der Waals surface area contributed by atoms with Gasteiger partial charge in [0.15, 0.2) is 5.76 Å². The average molecular weight is 412 g/mol. The van der Waals surface area contributed by atoms with Gasteiger partial charge in [0, 0.05) is 17.8 Å². The van der Waals surface area contributed by atoms with Crippen LogP contribution in [0.2, 0.25) is 0 Å². The van der Waals surface area contributed by atoms with Crippen molar-refractivity contribution in [2.75, 3.05) is 12.5 Å². The molecule has 0 aliphatic heterocycles. The molecule has 0 spiro atoms. The zero-order chi connectivity index (χ0) is 20.4. The lowest BCUT2D eigenvalue weighted by molar-refractivity contribution is -0.00585. The van der Waals surface area contributed by atoms with Crippen molar-refractivity contribution in [3.05, 3.63) is 60.3 Å². The highest BCUT2D eigenvalue weighted by Crippen LogP contribution is 2.25. The summed E-state index contributed by atoms with van der Waals surface area (Å²) in [4.78, 5) is 10.2. The Morgan fingerprint density at radius 3 is 2.83 bits per heavy atom. The lowest BCUT2D eigenvalue weighted by Gasteiger charge is -2.15. The Kier molecular flexibility index (Phi) is 5.20. The van der Waals surface area contributed by atoms with Crippen molar-refractivity contribution in [3.8, 4) is 17.2 Å². The van der Waals surface area contributed by atoms with Crippen LogP contribution in [0.5, 0.6) is 5.75 Å². The van der Waals surface area contributed by atoms with Crippen LogP contribution in [0.15, 0.2) is 64.6 Å². The van der Waals surface area contributed by atoms with Gasteiger partial charge in [0.2, 0.25) is 0 Å². The maximum absolute atomic E-state index is 6.14. The summed E-state index contributed by atoms with van der Waals surface area (Å²) in [6.07, 6.45) is 3.71. The van der Waals surface area contributed by atoms with Gasteiger partial charge < -0.3 is 18.4 Å². The Morgan fingerprint density at radius 1 is 1.17 bits per heavy atom. The van der Waals surface area contributed by atoms with Gasteiger partial charge in [0.05, 0.1) is 17.6 Å². The first-order chi connectivity index (χ1) is 13.9. The summed E-state index contributed by atoms with van der Waals surface area (Å²) in [5.41, 5.74) is 1.98. The fourth-order valence-corrected chi connectivity index (χ4v) is 2.93. The first-order valence-electron chi connectivity index (χ1n) is 9.35. The standard InChI is InChI=1S/C22H22ClN3O3/c1-22(2,3)29-25-18-13-21(19-11-15-5-4-9-26(15)14-24-19)28-20-7-6-16(12-17(18)20)27-10-8-23/h4-7,9,11-14H,8,10H2,1-3H3. The second-order valence-electron chi connectivity index (χ2n) is 7.60. The maximum atomic E-state index is 6.14. The van der Waals surface area contributed by atoms with Crippen LogP contribution in [0.1, 0.15) is 20.8 Å². The summed E-state index contributed by atoms with van der Waals surface area (Å²) >= 11 is 5.73. The highest BCUT2D eigenvalue weighted by Gasteiger charge is 2.13. The largest absolute Gasteiger partial charge is 0.492 e. The number of aromatic nitrogens is 2. The molecule has 0 saturated carbocycles. The van der Waals surface area contributed by atoms with Crippen LogP contribution in [0.4, 0.5) is 0 Å². The highest BCUT2D eigenvalue weighted by molar-refractivity contribution is 6.18. The zero-order valence-corrected chi connectivity index (χ0v) is 17.3. The number of hydrogen-bond donors (Lipinski definition) is 0. The molecule has 4 aromatic rings. The number of benzene rings is 1. The van der Waals surface area contributed by atoms with E-state index in [1.165, 1.54) is 0 Å². The Hall–Kier alpha value is -2.99. The van der Waals surface area contributed by atoms with E-state index in [1.54, 1.807) is 6.33 Å².